The number of ether oxygens (including phenoxy) is 1. The number of amides is 1. The molecule has 1 amide bonds. The Hall–Kier alpha value is -1.08. The highest BCUT2D eigenvalue weighted by Crippen LogP contribution is 2.39. The van der Waals surface area contributed by atoms with E-state index in [1.54, 1.807) is 0 Å². The van der Waals surface area contributed by atoms with Crippen LogP contribution in [0.3, 0.4) is 0 Å². The van der Waals surface area contributed by atoms with Gasteiger partial charge in [-0.05, 0) is 29.3 Å². The minimum Gasteiger partial charge on any atom is -0.494 e. The van der Waals surface area contributed by atoms with Crippen molar-refractivity contribution in [2.45, 2.75) is 32.7 Å². The van der Waals surface area contributed by atoms with Crippen LogP contribution >= 0.6 is 27.3 Å². The van der Waals surface area contributed by atoms with Gasteiger partial charge in [0.15, 0.2) is 5.75 Å². The first kappa shape index (κ1) is 16.0. The maximum absolute atomic E-state index is 12.1. The quantitative estimate of drug-likeness (QED) is 0.827. The van der Waals surface area contributed by atoms with Crippen LogP contribution in [-0.2, 0) is 4.79 Å². The number of aryl methyl sites for hydroxylation is 1. The maximum Gasteiger partial charge on any atom is 0.326 e. The van der Waals surface area contributed by atoms with Crippen molar-refractivity contribution < 1.29 is 19.4 Å². The predicted octanol–water partition coefficient (Wildman–Crippen LogP) is 2.81. The van der Waals surface area contributed by atoms with Gasteiger partial charge in [0.25, 0.3) is 5.91 Å². The Kier molecular flexibility index (Phi) is 5.81. The summed E-state index contributed by atoms with van der Waals surface area (Å²) >= 11 is 4.61. The first-order chi connectivity index (χ1) is 8.92. The number of carboxylic acid groups (broad SMARTS) is 1. The monoisotopic (exact) mass is 349 g/mol. The molecule has 0 aliphatic heterocycles. The molecule has 0 saturated carbocycles. The summed E-state index contributed by atoms with van der Waals surface area (Å²) in [5, 5.41) is 11.6. The fraction of sp³-hybridized carbons (Fsp3) is 0.500. The molecule has 7 heteroatoms. The Morgan fingerprint density at radius 3 is 2.63 bits per heavy atom. The molecule has 1 heterocycles. The molecule has 0 bridgehead atoms. The molecule has 1 rings (SSSR count). The summed E-state index contributed by atoms with van der Waals surface area (Å²) in [4.78, 5) is 24.4. The van der Waals surface area contributed by atoms with Gasteiger partial charge in [-0.1, -0.05) is 13.3 Å². The standard InChI is InChI=1S/C12H16BrNO4S/c1-4-5-7(12(16)17)14-11(15)10-9(18-3)8(13)6(2)19-10/h7H,4-5H2,1-3H3,(H,14,15)(H,16,17). The molecule has 19 heavy (non-hydrogen) atoms. The topological polar surface area (TPSA) is 75.6 Å². The van der Waals surface area contributed by atoms with E-state index in [1.807, 2.05) is 13.8 Å². The van der Waals surface area contributed by atoms with Gasteiger partial charge in [-0.2, -0.15) is 0 Å². The minimum absolute atomic E-state index is 0.384. The van der Waals surface area contributed by atoms with Crippen LogP contribution in [0.2, 0.25) is 0 Å². The zero-order valence-electron chi connectivity index (χ0n) is 10.9. The molecule has 0 radical (unpaired) electrons. The minimum atomic E-state index is -1.03. The fourth-order valence-electron chi connectivity index (χ4n) is 1.61. The fourth-order valence-corrected chi connectivity index (χ4v) is 3.26. The van der Waals surface area contributed by atoms with E-state index in [9.17, 15) is 9.59 Å². The summed E-state index contributed by atoms with van der Waals surface area (Å²) in [6.45, 7) is 3.73. The molecule has 0 aromatic carbocycles. The van der Waals surface area contributed by atoms with Gasteiger partial charge in [-0.15, -0.1) is 11.3 Å². The summed E-state index contributed by atoms with van der Waals surface area (Å²) in [5.74, 6) is -1.00. The molecular weight excluding hydrogens is 334 g/mol. The van der Waals surface area contributed by atoms with E-state index in [-0.39, 0.29) is 0 Å². The molecule has 106 valence electrons. The Morgan fingerprint density at radius 2 is 2.16 bits per heavy atom. The third kappa shape index (κ3) is 3.70. The van der Waals surface area contributed by atoms with Crippen molar-refractivity contribution in [1.82, 2.24) is 5.32 Å². The number of carboxylic acids is 1. The smallest absolute Gasteiger partial charge is 0.326 e. The van der Waals surface area contributed by atoms with Gasteiger partial charge in [0.05, 0.1) is 11.6 Å². The Morgan fingerprint density at radius 1 is 1.53 bits per heavy atom. The molecular formula is C12H16BrNO4S. The SMILES string of the molecule is CCCC(NC(=O)c1sc(C)c(Br)c1OC)C(=O)O. The van der Waals surface area contributed by atoms with E-state index >= 15 is 0 Å². The number of hydrogen-bond acceptors (Lipinski definition) is 4. The molecule has 0 saturated heterocycles. The molecule has 1 unspecified atom stereocenters. The van der Waals surface area contributed by atoms with Crippen LogP contribution in [0.4, 0.5) is 0 Å². The molecule has 1 atom stereocenters. The van der Waals surface area contributed by atoms with Gasteiger partial charge in [0.1, 0.15) is 10.9 Å². The van der Waals surface area contributed by atoms with Crippen LogP contribution in [0.15, 0.2) is 4.47 Å². The van der Waals surface area contributed by atoms with Gasteiger partial charge >= 0.3 is 5.97 Å². The summed E-state index contributed by atoms with van der Waals surface area (Å²) in [7, 11) is 1.48. The van der Waals surface area contributed by atoms with Crippen LogP contribution in [0, 0.1) is 6.92 Å². The Bertz CT molecular complexity index is 486. The molecule has 0 spiro atoms. The zero-order chi connectivity index (χ0) is 14.6. The van der Waals surface area contributed by atoms with E-state index in [0.29, 0.717) is 23.5 Å². The third-order valence-corrected chi connectivity index (χ3v) is 4.86. The first-order valence-corrected chi connectivity index (χ1v) is 7.39. The maximum atomic E-state index is 12.1. The molecule has 0 aliphatic rings. The van der Waals surface area contributed by atoms with Crippen LogP contribution in [-0.4, -0.2) is 30.1 Å². The molecule has 2 N–H and O–H groups in total. The van der Waals surface area contributed by atoms with Crippen molar-refractivity contribution in [3.05, 3.63) is 14.2 Å². The van der Waals surface area contributed by atoms with Gasteiger partial charge < -0.3 is 15.2 Å². The lowest BCUT2D eigenvalue weighted by Crippen LogP contribution is -2.40. The molecule has 5 nitrogen and oxygen atoms in total. The highest BCUT2D eigenvalue weighted by atomic mass is 79.9. The number of aliphatic carboxylic acids is 1. The molecule has 1 aromatic heterocycles. The molecule has 1 aromatic rings. The lowest BCUT2D eigenvalue weighted by atomic mass is 10.1. The van der Waals surface area contributed by atoms with Crippen molar-refractivity contribution in [3.8, 4) is 5.75 Å². The van der Waals surface area contributed by atoms with Crippen molar-refractivity contribution in [2.24, 2.45) is 0 Å². The van der Waals surface area contributed by atoms with Crippen LogP contribution in [0.25, 0.3) is 0 Å². The lowest BCUT2D eigenvalue weighted by molar-refractivity contribution is -0.139. The Balaban J connectivity index is 2.94. The van der Waals surface area contributed by atoms with E-state index < -0.39 is 17.9 Å². The van der Waals surface area contributed by atoms with Gasteiger partial charge in [0, 0.05) is 4.88 Å². The van der Waals surface area contributed by atoms with Crippen molar-refractivity contribution in [3.63, 3.8) is 0 Å². The van der Waals surface area contributed by atoms with E-state index in [1.165, 1.54) is 18.4 Å². The van der Waals surface area contributed by atoms with Crippen LogP contribution < -0.4 is 10.1 Å². The van der Waals surface area contributed by atoms with Gasteiger partial charge in [-0.25, -0.2) is 4.79 Å². The normalized spacial score (nSPS) is 12.0. The zero-order valence-corrected chi connectivity index (χ0v) is 13.4. The number of nitrogens with one attached hydrogen (secondary N) is 1. The highest BCUT2D eigenvalue weighted by Gasteiger charge is 2.25. The predicted molar refractivity (Wildman–Crippen MR) is 77.1 cm³/mol. The largest absolute Gasteiger partial charge is 0.494 e. The van der Waals surface area contributed by atoms with Crippen molar-refractivity contribution >= 4 is 39.1 Å². The van der Waals surface area contributed by atoms with E-state index in [2.05, 4.69) is 21.2 Å². The van der Waals surface area contributed by atoms with Gasteiger partial charge in [0.2, 0.25) is 0 Å². The molecule has 0 fully saturated rings. The van der Waals surface area contributed by atoms with E-state index in [4.69, 9.17) is 9.84 Å². The second kappa shape index (κ2) is 6.91. The second-order valence-electron chi connectivity index (χ2n) is 3.99. The number of hydrogen-bond donors (Lipinski definition) is 2. The Labute approximate surface area is 124 Å². The highest BCUT2D eigenvalue weighted by molar-refractivity contribution is 9.10. The summed E-state index contributed by atoms with van der Waals surface area (Å²) < 4.78 is 5.90. The van der Waals surface area contributed by atoms with Crippen LogP contribution in [0.5, 0.6) is 5.75 Å². The van der Waals surface area contributed by atoms with E-state index in [0.717, 1.165) is 9.35 Å². The third-order valence-electron chi connectivity index (χ3n) is 2.56. The number of carbonyl (C=O) groups excluding carboxylic acids is 1. The summed E-state index contributed by atoms with van der Waals surface area (Å²) in [6.07, 6.45) is 1.08. The van der Waals surface area contributed by atoms with Gasteiger partial charge in [-0.3, -0.25) is 4.79 Å². The van der Waals surface area contributed by atoms with Crippen molar-refractivity contribution in [2.75, 3.05) is 7.11 Å². The average molecular weight is 350 g/mol. The number of thiophene rings is 1. The lowest BCUT2D eigenvalue weighted by Gasteiger charge is -2.13. The summed E-state index contributed by atoms with van der Waals surface area (Å²) in [6, 6.07) is -0.872. The average Bonchev–Trinajstić information content (AvgIpc) is 2.64. The number of halogens is 1. The van der Waals surface area contributed by atoms with Crippen LogP contribution in [0.1, 0.15) is 34.3 Å². The number of methoxy groups -OCH3 is 1. The second-order valence-corrected chi connectivity index (χ2v) is 6.01. The number of rotatable bonds is 6. The molecule has 0 aliphatic carbocycles. The van der Waals surface area contributed by atoms with Crippen molar-refractivity contribution in [1.29, 1.82) is 0 Å². The first-order valence-electron chi connectivity index (χ1n) is 5.78. The number of carbonyl (C=O) groups is 2. The summed E-state index contributed by atoms with van der Waals surface area (Å²) in [5.41, 5.74) is 0.